The van der Waals surface area contributed by atoms with Gasteiger partial charge in [0.15, 0.2) is 0 Å². The van der Waals surface area contributed by atoms with Crippen LogP contribution in [-0.2, 0) is 22.0 Å². The summed E-state index contributed by atoms with van der Waals surface area (Å²) in [6, 6.07) is 4.63. The summed E-state index contributed by atoms with van der Waals surface area (Å²) in [5.41, 5.74) is 0.184. The summed E-state index contributed by atoms with van der Waals surface area (Å²) in [7, 11) is -1.64. The Morgan fingerprint density at radius 1 is 1.27 bits per heavy atom. The second kappa shape index (κ2) is 7.92. The maximum absolute atomic E-state index is 12.8. The average molecular weight is 386 g/mol. The third-order valence-corrected chi connectivity index (χ3v) is 6.05. The van der Waals surface area contributed by atoms with Crippen molar-refractivity contribution in [3.8, 4) is 0 Å². The van der Waals surface area contributed by atoms with Crippen molar-refractivity contribution in [1.29, 1.82) is 0 Å². The van der Waals surface area contributed by atoms with E-state index in [0.717, 1.165) is 17.7 Å². The number of amides is 1. The molecule has 1 aliphatic heterocycles. The Morgan fingerprint density at radius 3 is 2.58 bits per heavy atom. The van der Waals surface area contributed by atoms with Gasteiger partial charge in [-0.15, -0.1) is 0 Å². The van der Waals surface area contributed by atoms with Gasteiger partial charge in [-0.05, 0) is 49.8 Å². The molecule has 0 spiro atoms. The Labute approximate surface area is 153 Å². The lowest BCUT2D eigenvalue weighted by molar-refractivity contribution is -0.137. The van der Waals surface area contributed by atoms with Crippen LogP contribution in [0.4, 0.5) is 13.2 Å². The summed E-state index contributed by atoms with van der Waals surface area (Å²) in [4.78, 5) is 12.0. The monoisotopic (exact) mass is 386 g/mol. The molecule has 8 heteroatoms. The molecule has 26 heavy (non-hydrogen) atoms. The summed E-state index contributed by atoms with van der Waals surface area (Å²) in [5.74, 6) is 0.522. The zero-order chi connectivity index (χ0) is 18.7. The number of carbonyl (C=O) groups excluding carboxylic acids is 1. The Kier molecular flexibility index (Phi) is 5.82. The molecule has 4 nitrogen and oxygen atoms in total. The fourth-order valence-electron chi connectivity index (χ4n) is 2.82. The number of piperidine rings is 1. The number of rotatable bonds is 5. The molecule has 2 aliphatic rings. The quantitative estimate of drug-likeness (QED) is 0.790. The predicted molar refractivity (Wildman–Crippen MR) is 92.5 cm³/mol. The summed E-state index contributed by atoms with van der Waals surface area (Å²) >= 11 is 0. The van der Waals surface area contributed by atoms with Crippen LogP contribution in [0, 0.1) is 5.92 Å². The molecule has 1 unspecified atom stereocenters. The van der Waals surface area contributed by atoms with Crippen molar-refractivity contribution in [2.24, 2.45) is 5.92 Å². The number of hydrogen-bond donors (Lipinski definition) is 1. The van der Waals surface area contributed by atoms with E-state index < -0.39 is 22.7 Å². The molecule has 0 radical (unpaired) electrons. The number of nitrogens with one attached hydrogen (secondary N) is 1. The Hall–Kier alpha value is -1.67. The van der Waals surface area contributed by atoms with E-state index in [1.54, 1.807) is 10.4 Å². The molecule has 1 atom stereocenters. The number of hydrogen-bond acceptors (Lipinski definition) is 2. The third-order valence-electron chi connectivity index (χ3n) is 4.56. The summed E-state index contributed by atoms with van der Waals surface area (Å²) in [5, 5.41) is 2.88. The van der Waals surface area contributed by atoms with Gasteiger partial charge in [0.1, 0.15) is 11.0 Å². The summed E-state index contributed by atoms with van der Waals surface area (Å²) in [6.45, 7) is 1.61. The van der Waals surface area contributed by atoms with Gasteiger partial charge in [0.05, 0.1) is 10.5 Å². The molecular formula is C18H21F3N2O2S. The van der Waals surface area contributed by atoms with Crippen LogP contribution in [0.25, 0.3) is 0 Å². The van der Waals surface area contributed by atoms with Gasteiger partial charge >= 0.3 is 6.18 Å². The van der Waals surface area contributed by atoms with Crippen molar-refractivity contribution in [2.75, 3.05) is 19.6 Å². The van der Waals surface area contributed by atoms with Crippen LogP contribution in [0.5, 0.6) is 0 Å². The summed E-state index contributed by atoms with van der Waals surface area (Å²) < 4.78 is 52.6. The van der Waals surface area contributed by atoms with E-state index in [-0.39, 0.29) is 10.8 Å². The lowest BCUT2D eigenvalue weighted by Gasteiger charge is -2.27. The van der Waals surface area contributed by atoms with Gasteiger partial charge in [-0.1, -0.05) is 11.6 Å². The molecule has 1 saturated heterocycles. The molecule has 1 aromatic rings. The predicted octanol–water partition coefficient (Wildman–Crippen LogP) is 3.28. The minimum Gasteiger partial charge on any atom is -0.352 e. The standard InChI is InChI=1S/C18H21F3N2O2S/c19-18(20,21)15-2-1-3-16(11-15)26(25)23-8-6-13(7-9-23)10-17(24)22-12-14-4-5-14/h1-3,10-11,14H,4-9,12H2,(H,22,24). The molecule has 1 saturated carbocycles. The Morgan fingerprint density at radius 2 is 1.96 bits per heavy atom. The van der Waals surface area contributed by atoms with Gasteiger partial charge in [0, 0.05) is 25.7 Å². The lowest BCUT2D eigenvalue weighted by atomic mass is 10.1. The maximum atomic E-state index is 12.8. The Bertz CT molecular complexity index is 719. The van der Waals surface area contributed by atoms with Gasteiger partial charge in [-0.3, -0.25) is 4.79 Å². The molecular weight excluding hydrogens is 365 g/mol. The second-order valence-electron chi connectivity index (χ2n) is 6.69. The highest BCUT2D eigenvalue weighted by atomic mass is 32.2. The highest BCUT2D eigenvalue weighted by molar-refractivity contribution is 7.82. The average Bonchev–Trinajstić information content (AvgIpc) is 3.44. The van der Waals surface area contributed by atoms with Gasteiger partial charge in [-0.2, -0.15) is 13.2 Å². The van der Waals surface area contributed by atoms with Crippen LogP contribution in [-0.4, -0.2) is 34.1 Å². The van der Waals surface area contributed by atoms with Gasteiger partial charge in [0.2, 0.25) is 5.91 Å². The van der Waals surface area contributed by atoms with Gasteiger partial charge in [0.25, 0.3) is 0 Å². The van der Waals surface area contributed by atoms with E-state index in [4.69, 9.17) is 0 Å². The Balaban J connectivity index is 1.55. The number of carbonyl (C=O) groups is 1. The molecule has 1 aromatic carbocycles. The van der Waals surface area contributed by atoms with Crippen LogP contribution in [0.15, 0.2) is 40.8 Å². The molecule has 3 rings (SSSR count). The van der Waals surface area contributed by atoms with Crippen LogP contribution in [0.2, 0.25) is 0 Å². The topological polar surface area (TPSA) is 49.4 Å². The van der Waals surface area contributed by atoms with E-state index in [0.29, 0.717) is 38.4 Å². The number of alkyl halides is 3. The number of benzene rings is 1. The van der Waals surface area contributed by atoms with E-state index >= 15 is 0 Å². The molecule has 1 amide bonds. The normalized spacial score (nSPS) is 19.9. The molecule has 2 fully saturated rings. The van der Waals surface area contributed by atoms with Gasteiger partial charge in [-0.25, -0.2) is 8.51 Å². The first kappa shape index (κ1) is 19.1. The first-order valence-electron chi connectivity index (χ1n) is 8.64. The minimum atomic E-state index is -4.45. The van der Waals surface area contributed by atoms with Crippen molar-refractivity contribution >= 4 is 16.9 Å². The fraction of sp³-hybridized carbons (Fsp3) is 0.500. The van der Waals surface area contributed by atoms with Crippen molar-refractivity contribution in [1.82, 2.24) is 9.62 Å². The molecule has 0 aromatic heterocycles. The molecule has 1 N–H and O–H groups in total. The zero-order valence-electron chi connectivity index (χ0n) is 14.2. The van der Waals surface area contributed by atoms with Crippen molar-refractivity contribution < 1.29 is 22.2 Å². The second-order valence-corrected chi connectivity index (χ2v) is 8.18. The van der Waals surface area contributed by atoms with Crippen LogP contribution >= 0.6 is 0 Å². The van der Waals surface area contributed by atoms with Crippen LogP contribution in [0.3, 0.4) is 0 Å². The summed E-state index contributed by atoms with van der Waals surface area (Å²) in [6.07, 6.45) is 0.669. The minimum absolute atomic E-state index is 0.0978. The largest absolute Gasteiger partial charge is 0.416 e. The van der Waals surface area contributed by atoms with E-state index in [2.05, 4.69) is 5.32 Å². The maximum Gasteiger partial charge on any atom is 0.416 e. The lowest BCUT2D eigenvalue weighted by Crippen LogP contribution is -2.33. The van der Waals surface area contributed by atoms with E-state index in [1.165, 1.54) is 25.0 Å². The first-order chi connectivity index (χ1) is 12.3. The smallest absolute Gasteiger partial charge is 0.352 e. The first-order valence-corrected chi connectivity index (χ1v) is 9.75. The molecule has 142 valence electrons. The highest BCUT2D eigenvalue weighted by Gasteiger charge is 2.31. The number of nitrogens with zero attached hydrogens (tertiary/aromatic N) is 1. The van der Waals surface area contributed by atoms with Gasteiger partial charge < -0.3 is 5.32 Å². The molecule has 0 bridgehead atoms. The fourth-order valence-corrected chi connectivity index (χ4v) is 4.05. The van der Waals surface area contributed by atoms with Crippen LogP contribution in [0.1, 0.15) is 31.2 Å². The molecule has 1 heterocycles. The van der Waals surface area contributed by atoms with Crippen molar-refractivity contribution in [2.45, 2.75) is 36.8 Å². The number of halogens is 3. The van der Waals surface area contributed by atoms with Crippen molar-refractivity contribution in [3.63, 3.8) is 0 Å². The van der Waals surface area contributed by atoms with Crippen LogP contribution < -0.4 is 5.32 Å². The SMILES string of the molecule is O=C(C=C1CCN(S(=O)c2cccc(C(F)(F)F)c2)CC1)NCC1CC1. The zero-order valence-corrected chi connectivity index (χ0v) is 15.0. The highest BCUT2D eigenvalue weighted by Crippen LogP contribution is 2.31. The van der Waals surface area contributed by atoms with E-state index in [9.17, 15) is 22.2 Å². The van der Waals surface area contributed by atoms with E-state index in [1.807, 2.05) is 0 Å². The third kappa shape index (κ3) is 5.17. The molecule has 1 aliphatic carbocycles. The van der Waals surface area contributed by atoms with Crippen molar-refractivity contribution in [3.05, 3.63) is 41.5 Å².